The highest BCUT2D eigenvalue weighted by Gasteiger charge is 2.14. The molecule has 0 aliphatic carbocycles. The van der Waals surface area contributed by atoms with Crippen LogP contribution in [0.4, 0.5) is 5.69 Å². The van der Waals surface area contributed by atoms with Crippen molar-refractivity contribution in [2.45, 2.75) is 6.92 Å². The number of carboxylic acid groups (broad SMARTS) is 1. The SMILES string of the molecule is Cc1ccc(Oc2nc3nc(-c4ccc(N(C)C)cc4)c(Cl)cc3[nH]2)cc1C(=O)O. The van der Waals surface area contributed by atoms with E-state index in [1.54, 1.807) is 25.1 Å². The molecule has 0 aliphatic heterocycles. The highest BCUT2D eigenvalue weighted by molar-refractivity contribution is 6.33. The van der Waals surface area contributed by atoms with Crippen molar-refractivity contribution in [3.8, 4) is 23.0 Å². The second-order valence-electron chi connectivity index (χ2n) is 7.06. The first-order valence-corrected chi connectivity index (χ1v) is 9.55. The molecule has 8 heteroatoms. The Morgan fingerprint density at radius 2 is 1.83 bits per heavy atom. The summed E-state index contributed by atoms with van der Waals surface area (Å²) in [6.07, 6.45) is 0. The Morgan fingerprint density at radius 1 is 1.10 bits per heavy atom. The number of rotatable bonds is 5. The minimum Gasteiger partial charge on any atom is -0.478 e. The van der Waals surface area contributed by atoms with Crippen molar-refractivity contribution >= 4 is 34.4 Å². The molecule has 0 amide bonds. The fraction of sp³-hybridized carbons (Fsp3) is 0.136. The van der Waals surface area contributed by atoms with Crippen LogP contribution in [-0.2, 0) is 0 Å². The number of pyridine rings is 1. The maximum absolute atomic E-state index is 11.3. The van der Waals surface area contributed by atoms with Crippen LogP contribution in [0.15, 0.2) is 48.5 Å². The van der Waals surface area contributed by atoms with Crippen LogP contribution in [0.5, 0.6) is 11.8 Å². The number of aromatic amines is 1. The van der Waals surface area contributed by atoms with Crippen molar-refractivity contribution in [1.82, 2.24) is 15.0 Å². The summed E-state index contributed by atoms with van der Waals surface area (Å²) in [5, 5.41) is 9.77. The van der Waals surface area contributed by atoms with Crippen molar-refractivity contribution < 1.29 is 14.6 Å². The van der Waals surface area contributed by atoms with Crippen molar-refractivity contribution in [2.24, 2.45) is 0 Å². The molecular weight excluding hydrogens is 404 g/mol. The van der Waals surface area contributed by atoms with Crippen LogP contribution < -0.4 is 9.64 Å². The number of hydrogen-bond donors (Lipinski definition) is 2. The number of carbonyl (C=O) groups is 1. The third kappa shape index (κ3) is 3.79. The van der Waals surface area contributed by atoms with Gasteiger partial charge in [-0.3, -0.25) is 0 Å². The van der Waals surface area contributed by atoms with Crippen LogP contribution in [0.1, 0.15) is 15.9 Å². The normalized spacial score (nSPS) is 10.9. The molecule has 30 heavy (non-hydrogen) atoms. The number of carboxylic acids is 1. The highest BCUT2D eigenvalue weighted by atomic mass is 35.5. The summed E-state index contributed by atoms with van der Waals surface area (Å²) in [7, 11) is 3.95. The van der Waals surface area contributed by atoms with E-state index in [-0.39, 0.29) is 11.6 Å². The molecule has 0 atom stereocenters. The summed E-state index contributed by atoms with van der Waals surface area (Å²) in [6, 6.07) is 14.7. The quantitative estimate of drug-likeness (QED) is 0.462. The predicted octanol–water partition coefficient (Wildman–Crippen LogP) is 5.14. The summed E-state index contributed by atoms with van der Waals surface area (Å²) in [6.45, 7) is 1.73. The summed E-state index contributed by atoms with van der Waals surface area (Å²) in [5.74, 6) is -0.649. The van der Waals surface area contributed by atoms with E-state index in [2.05, 4.69) is 15.0 Å². The van der Waals surface area contributed by atoms with Crippen molar-refractivity contribution in [2.75, 3.05) is 19.0 Å². The van der Waals surface area contributed by atoms with Crippen LogP contribution in [0.25, 0.3) is 22.4 Å². The zero-order valence-electron chi connectivity index (χ0n) is 16.6. The molecule has 2 aromatic carbocycles. The zero-order valence-corrected chi connectivity index (χ0v) is 17.4. The van der Waals surface area contributed by atoms with Crippen LogP contribution in [0.3, 0.4) is 0 Å². The van der Waals surface area contributed by atoms with E-state index in [9.17, 15) is 9.90 Å². The molecule has 2 aromatic heterocycles. The molecule has 2 heterocycles. The Morgan fingerprint density at radius 3 is 2.50 bits per heavy atom. The maximum Gasteiger partial charge on any atom is 0.336 e. The number of H-pyrrole nitrogens is 1. The predicted molar refractivity (Wildman–Crippen MR) is 117 cm³/mol. The zero-order chi connectivity index (χ0) is 21.4. The fourth-order valence-electron chi connectivity index (χ4n) is 3.07. The summed E-state index contributed by atoms with van der Waals surface area (Å²) < 4.78 is 5.72. The number of ether oxygens (including phenoxy) is 1. The highest BCUT2D eigenvalue weighted by Crippen LogP contribution is 2.31. The number of nitrogens with one attached hydrogen (secondary N) is 1. The Labute approximate surface area is 177 Å². The van der Waals surface area contributed by atoms with Crippen LogP contribution in [0.2, 0.25) is 5.02 Å². The maximum atomic E-state index is 11.3. The van der Waals surface area contributed by atoms with E-state index >= 15 is 0 Å². The molecule has 2 N–H and O–H groups in total. The lowest BCUT2D eigenvalue weighted by molar-refractivity contribution is 0.0695. The Kier molecular flexibility index (Phi) is 5.05. The molecule has 0 aliphatic rings. The smallest absolute Gasteiger partial charge is 0.336 e. The number of hydrogen-bond acceptors (Lipinski definition) is 5. The van der Waals surface area contributed by atoms with Gasteiger partial charge in [-0.25, -0.2) is 9.78 Å². The van der Waals surface area contributed by atoms with Gasteiger partial charge < -0.3 is 19.7 Å². The summed E-state index contributed by atoms with van der Waals surface area (Å²) in [4.78, 5) is 25.3. The first-order chi connectivity index (χ1) is 14.3. The number of benzene rings is 2. The number of nitrogens with zero attached hydrogens (tertiary/aromatic N) is 3. The molecule has 0 spiro atoms. The van der Waals surface area contributed by atoms with E-state index in [0.717, 1.165) is 11.3 Å². The van der Waals surface area contributed by atoms with Crippen LogP contribution >= 0.6 is 11.6 Å². The fourth-order valence-corrected chi connectivity index (χ4v) is 3.33. The minimum absolute atomic E-state index is 0.174. The molecule has 0 saturated heterocycles. The van der Waals surface area contributed by atoms with E-state index in [1.807, 2.05) is 43.3 Å². The lowest BCUT2D eigenvalue weighted by Crippen LogP contribution is -2.07. The Bertz CT molecular complexity index is 1250. The third-order valence-electron chi connectivity index (χ3n) is 4.72. The number of fused-ring (bicyclic) bond motifs is 1. The standard InChI is InChI=1S/C22H19ClN4O3/c1-12-4-9-15(10-16(12)21(28)29)30-22-24-18-11-17(23)19(25-20(18)26-22)13-5-7-14(8-6-13)27(2)3/h4-11H,1-3H3,(H,28,29)(H,24,25,26). The molecular formula is C22H19ClN4O3. The van der Waals surface area contributed by atoms with Gasteiger partial charge in [0.2, 0.25) is 0 Å². The van der Waals surface area contributed by atoms with Crippen LogP contribution in [0, 0.1) is 6.92 Å². The molecule has 0 fully saturated rings. The number of imidazole rings is 1. The molecule has 0 saturated carbocycles. The molecule has 7 nitrogen and oxygen atoms in total. The van der Waals surface area contributed by atoms with E-state index < -0.39 is 5.97 Å². The first kappa shape index (κ1) is 19.7. The molecule has 4 aromatic rings. The van der Waals surface area contributed by atoms with Gasteiger partial charge in [-0.1, -0.05) is 29.8 Å². The Balaban J connectivity index is 1.67. The summed E-state index contributed by atoms with van der Waals surface area (Å²) >= 11 is 6.46. The average Bonchev–Trinajstić information content (AvgIpc) is 3.09. The minimum atomic E-state index is -1.01. The van der Waals surface area contributed by atoms with Gasteiger partial charge in [-0.15, -0.1) is 0 Å². The molecule has 152 valence electrons. The molecule has 0 radical (unpaired) electrons. The first-order valence-electron chi connectivity index (χ1n) is 9.17. The van der Waals surface area contributed by atoms with Gasteiger partial charge in [0.25, 0.3) is 0 Å². The largest absolute Gasteiger partial charge is 0.478 e. The van der Waals surface area contributed by atoms with E-state index in [4.69, 9.17) is 16.3 Å². The molecule has 4 rings (SSSR count). The topological polar surface area (TPSA) is 91.3 Å². The number of halogens is 1. The van der Waals surface area contributed by atoms with E-state index in [0.29, 0.717) is 33.2 Å². The molecule has 0 unspecified atom stereocenters. The number of aryl methyl sites for hydroxylation is 1. The third-order valence-corrected chi connectivity index (χ3v) is 5.00. The van der Waals surface area contributed by atoms with E-state index in [1.165, 1.54) is 6.07 Å². The van der Waals surface area contributed by atoms with Crippen molar-refractivity contribution in [3.63, 3.8) is 0 Å². The molecule has 0 bridgehead atoms. The lowest BCUT2D eigenvalue weighted by Gasteiger charge is -2.12. The van der Waals surface area contributed by atoms with Gasteiger partial charge in [-0.05, 0) is 42.8 Å². The second kappa shape index (κ2) is 7.68. The van der Waals surface area contributed by atoms with Gasteiger partial charge in [0.05, 0.1) is 21.8 Å². The second-order valence-corrected chi connectivity index (χ2v) is 7.46. The van der Waals surface area contributed by atoms with Crippen molar-refractivity contribution in [1.29, 1.82) is 0 Å². The number of aromatic nitrogens is 3. The summed E-state index contributed by atoms with van der Waals surface area (Å²) in [5.41, 5.74) is 4.47. The van der Waals surface area contributed by atoms with Gasteiger partial charge in [0.1, 0.15) is 5.75 Å². The van der Waals surface area contributed by atoms with Gasteiger partial charge in [-0.2, -0.15) is 4.98 Å². The number of anilines is 1. The number of aromatic carboxylic acids is 1. The lowest BCUT2D eigenvalue weighted by atomic mass is 10.1. The average molecular weight is 423 g/mol. The van der Waals surface area contributed by atoms with Gasteiger partial charge in [0.15, 0.2) is 5.65 Å². The van der Waals surface area contributed by atoms with Gasteiger partial charge in [0, 0.05) is 25.3 Å². The van der Waals surface area contributed by atoms with Crippen molar-refractivity contribution in [3.05, 3.63) is 64.7 Å². The Hall–Kier alpha value is -3.58. The monoisotopic (exact) mass is 422 g/mol. The van der Waals surface area contributed by atoms with Gasteiger partial charge >= 0.3 is 12.0 Å². The van der Waals surface area contributed by atoms with Crippen LogP contribution in [-0.4, -0.2) is 40.1 Å².